The van der Waals surface area contributed by atoms with E-state index < -0.39 is 12.3 Å². The van der Waals surface area contributed by atoms with Crippen LogP contribution in [0.25, 0.3) is 0 Å². The highest BCUT2D eigenvalue weighted by molar-refractivity contribution is 5.31. The summed E-state index contributed by atoms with van der Waals surface area (Å²) in [6.07, 6.45) is -3.18. The van der Waals surface area contributed by atoms with Crippen molar-refractivity contribution in [2.45, 2.75) is 31.7 Å². The maximum atomic E-state index is 12.7. The van der Waals surface area contributed by atoms with Gasteiger partial charge in [0.2, 0.25) is 0 Å². The van der Waals surface area contributed by atoms with Crippen LogP contribution in [0.15, 0.2) is 24.3 Å². The van der Waals surface area contributed by atoms with Gasteiger partial charge in [-0.3, -0.25) is 0 Å². The van der Waals surface area contributed by atoms with E-state index in [9.17, 15) is 18.3 Å². The molecule has 1 N–H and O–H groups in total. The molecule has 1 aromatic carbocycles. The van der Waals surface area contributed by atoms with Crippen molar-refractivity contribution in [1.82, 2.24) is 4.90 Å². The zero-order chi connectivity index (χ0) is 11.8. The SMILES string of the molecule is Oc1ccccc1CN(C1CC1)C(F)(F)F. The average Bonchev–Trinajstić information content (AvgIpc) is 2.98. The van der Waals surface area contributed by atoms with Crippen molar-refractivity contribution in [3.63, 3.8) is 0 Å². The number of nitrogens with zero attached hydrogens (tertiary/aromatic N) is 1. The van der Waals surface area contributed by atoms with Crippen molar-refractivity contribution in [3.05, 3.63) is 29.8 Å². The van der Waals surface area contributed by atoms with E-state index in [4.69, 9.17) is 0 Å². The Morgan fingerprint density at radius 2 is 1.88 bits per heavy atom. The molecule has 2 nitrogen and oxygen atoms in total. The first-order valence-electron chi connectivity index (χ1n) is 5.09. The Balaban J connectivity index is 2.15. The summed E-state index contributed by atoms with van der Waals surface area (Å²) in [5.74, 6) is -0.0857. The lowest BCUT2D eigenvalue weighted by Crippen LogP contribution is -2.39. The third kappa shape index (κ3) is 2.47. The second kappa shape index (κ2) is 3.97. The van der Waals surface area contributed by atoms with Crippen molar-refractivity contribution < 1.29 is 18.3 Å². The summed E-state index contributed by atoms with van der Waals surface area (Å²) in [7, 11) is 0. The summed E-state index contributed by atoms with van der Waals surface area (Å²) in [5.41, 5.74) is 0.312. The van der Waals surface area contributed by atoms with Gasteiger partial charge in [-0.2, -0.15) is 13.2 Å². The standard InChI is InChI=1S/C11H12F3NO/c12-11(13,14)15(9-5-6-9)7-8-3-1-2-4-10(8)16/h1-4,9,16H,5-7H2. The first kappa shape index (κ1) is 11.3. The molecule has 5 heteroatoms. The summed E-state index contributed by atoms with van der Waals surface area (Å²) < 4.78 is 38.0. The number of phenolic OH excluding ortho intramolecular Hbond substituents is 1. The van der Waals surface area contributed by atoms with Crippen molar-refractivity contribution >= 4 is 0 Å². The molecule has 0 saturated heterocycles. The topological polar surface area (TPSA) is 23.5 Å². The quantitative estimate of drug-likeness (QED) is 0.808. The van der Waals surface area contributed by atoms with Gasteiger partial charge in [-0.25, -0.2) is 4.90 Å². The first-order valence-corrected chi connectivity index (χ1v) is 5.09. The Kier molecular flexibility index (Phi) is 2.80. The van der Waals surface area contributed by atoms with Crippen LogP contribution in [0.1, 0.15) is 18.4 Å². The van der Waals surface area contributed by atoms with E-state index in [-0.39, 0.29) is 12.3 Å². The molecule has 16 heavy (non-hydrogen) atoms. The van der Waals surface area contributed by atoms with Crippen molar-refractivity contribution in [2.75, 3.05) is 0 Å². The third-order valence-corrected chi connectivity index (χ3v) is 2.65. The molecule has 0 bridgehead atoms. The maximum Gasteiger partial charge on any atom is 0.460 e. The minimum absolute atomic E-state index is 0.0857. The summed E-state index contributed by atoms with van der Waals surface area (Å²) in [6, 6.07) is 5.71. The molecule has 1 fully saturated rings. The van der Waals surface area contributed by atoms with E-state index in [0.717, 1.165) is 0 Å². The molecule has 2 rings (SSSR count). The van der Waals surface area contributed by atoms with Crippen molar-refractivity contribution in [3.8, 4) is 5.75 Å². The highest BCUT2D eigenvalue weighted by Gasteiger charge is 2.46. The van der Waals surface area contributed by atoms with Crippen LogP contribution in [0, 0.1) is 0 Å². The van der Waals surface area contributed by atoms with Crippen LogP contribution in [-0.2, 0) is 6.54 Å². The second-order valence-electron chi connectivity index (χ2n) is 3.96. The van der Waals surface area contributed by atoms with Gasteiger partial charge in [0.05, 0.1) is 0 Å². The van der Waals surface area contributed by atoms with Crippen molar-refractivity contribution in [1.29, 1.82) is 0 Å². The lowest BCUT2D eigenvalue weighted by molar-refractivity contribution is -0.253. The third-order valence-electron chi connectivity index (χ3n) is 2.65. The number of benzene rings is 1. The Bertz CT molecular complexity index is 374. The molecule has 0 amide bonds. The van der Waals surface area contributed by atoms with Gasteiger partial charge in [-0.1, -0.05) is 18.2 Å². The van der Waals surface area contributed by atoms with E-state index in [1.54, 1.807) is 12.1 Å². The minimum Gasteiger partial charge on any atom is -0.508 e. The van der Waals surface area contributed by atoms with Gasteiger partial charge in [0.15, 0.2) is 0 Å². The van der Waals surface area contributed by atoms with Gasteiger partial charge in [0.1, 0.15) is 5.75 Å². The normalized spacial score (nSPS) is 16.8. The molecule has 0 aromatic heterocycles. The number of phenols is 1. The molecule has 1 aliphatic carbocycles. The monoisotopic (exact) mass is 231 g/mol. The number of hydrogen-bond donors (Lipinski definition) is 1. The molecular weight excluding hydrogens is 219 g/mol. The summed E-state index contributed by atoms with van der Waals surface area (Å²) in [6.45, 7) is -0.277. The number of hydrogen-bond acceptors (Lipinski definition) is 2. The summed E-state index contributed by atoms with van der Waals surface area (Å²) >= 11 is 0. The molecule has 0 spiro atoms. The molecule has 1 aromatic rings. The lowest BCUT2D eigenvalue weighted by Gasteiger charge is -2.24. The Labute approximate surface area is 91.3 Å². The van der Waals surface area contributed by atoms with Crippen LogP contribution >= 0.6 is 0 Å². The molecule has 0 heterocycles. The fourth-order valence-electron chi connectivity index (χ4n) is 1.64. The fraction of sp³-hybridized carbons (Fsp3) is 0.455. The van der Waals surface area contributed by atoms with Crippen LogP contribution in [0.3, 0.4) is 0 Å². The molecule has 0 unspecified atom stereocenters. The highest BCUT2D eigenvalue weighted by Crippen LogP contribution is 2.37. The van der Waals surface area contributed by atoms with Gasteiger partial charge in [-0.15, -0.1) is 0 Å². The molecule has 1 aliphatic rings. The van der Waals surface area contributed by atoms with E-state index in [0.29, 0.717) is 23.3 Å². The fourth-order valence-corrected chi connectivity index (χ4v) is 1.64. The van der Waals surface area contributed by atoms with Gasteiger partial charge in [0, 0.05) is 18.2 Å². The van der Waals surface area contributed by atoms with Crippen LogP contribution in [0.2, 0.25) is 0 Å². The predicted molar refractivity (Wildman–Crippen MR) is 52.7 cm³/mol. The predicted octanol–water partition coefficient (Wildman–Crippen LogP) is 2.88. The minimum atomic E-state index is -4.33. The lowest BCUT2D eigenvalue weighted by atomic mass is 10.2. The van der Waals surface area contributed by atoms with Crippen LogP contribution in [0.4, 0.5) is 13.2 Å². The van der Waals surface area contributed by atoms with E-state index >= 15 is 0 Å². The van der Waals surface area contributed by atoms with Gasteiger partial charge in [-0.05, 0) is 18.9 Å². The molecule has 0 atom stereocenters. The van der Waals surface area contributed by atoms with Gasteiger partial charge < -0.3 is 5.11 Å². The molecular formula is C11H12F3NO. The average molecular weight is 231 g/mol. The number of alkyl halides is 3. The Hall–Kier alpha value is -1.23. The van der Waals surface area contributed by atoms with Gasteiger partial charge in [0.25, 0.3) is 0 Å². The van der Waals surface area contributed by atoms with Crippen LogP contribution in [-0.4, -0.2) is 22.3 Å². The van der Waals surface area contributed by atoms with E-state index in [1.165, 1.54) is 12.1 Å². The van der Waals surface area contributed by atoms with Crippen molar-refractivity contribution in [2.24, 2.45) is 0 Å². The zero-order valence-corrected chi connectivity index (χ0v) is 8.54. The zero-order valence-electron chi connectivity index (χ0n) is 8.54. The highest BCUT2D eigenvalue weighted by atomic mass is 19.4. The summed E-state index contributed by atoms with van der Waals surface area (Å²) in [4.78, 5) is 0.488. The number of halogens is 3. The van der Waals surface area contributed by atoms with Gasteiger partial charge >= 0.3 is 6.30 Å². The van der Waals surface area contributed by atoms with Crippen LogP contribution in [0.5, 0.6) is 5.75 Å². The summed E-state index contributed by atoms with van der Waals surface area (Å²) in [5, 5.41) is 9.43. The van der Waals surface area contributed by atoms with E-state index in [1.807, 2.05) is 0 Å². The molecule has 0 radical (unpaired) electrons. The number of aromatic hydroxyl groups is 1. The second-order valence-corrected chi connectivity index (χ2v) is 3.96. The molecule has 0 aliphatic heterocycles. The largest absolute Gasteiger partial charge is 0.508 e. The molecule has 1 saturated carbocycles. The van der Waals surface area contributed by atoms with Crippen LogP contribution < -0.4 is 0 Å². The Morgan fingerprint density at radius 3 is 2.38 bits per heavy atom. The Morgan fingerprint density at radius 1 is 1.25 bits per heavy atom. The number of rotatable bonds is 3. The maximum absolute atomic E-state index is 12.7. The van der Waals surface area contributed by atoms with E-state index in [2.05, 4.69) is 0 Å². The smallest absolute Gasteiger partial charge is 0.460 e. The first-order chi connectivity index (χ1) is 7.48. The number of para-hydroxylation sites is 1. The molecule has 88 valence electrons.